The Bertz CT molecular complexity index is 645. The molecule has 0 bridgehead atoms. The van der Waals surface area contributed by atoms with Crippen LogP contribution in [0, 0.1) is 6.92 Å². The van der Waals surface area contributed by atoms with Gasteiger partial charge in [-0.2, -0.15) is 0 Å². The first-order valence-corrected chi connectivity index (χ1v) is 7.06. The molecular weight excluding hydrogens is 311 g/mol. The Morgan fingerprint density at radius 2 is 2.05 bits per heavy atom. The van der Waals surface area contributed by atoms with Gasteiger partial charge in [0.2, 0.25) is 0 Å². The average molecular weight is 325 g/mol. The molecule has 1 N–H and O–H groups in total. The first kappa shape index (κ1) is 15.6. The summed E-state index contributed by atoms with van der Waals surface area (Å²) in [4.78, 5) is 16.0. The number of ether oxygens (including phenoxy) is 1. The molecule has 1 atom stereocenters. The van der Waals surface area contributed by atoms with E-state index in [4.69, 9.17) is 27.9 Å². The molecule has 110 valence electrons. The molecule has 0 saturated carbocycles. The highest BCUT2D eigenvalue weighted by Gasteiger charge is 2.15. The highest BCUT2D eigenvalue weighted by molar-refractivity contribution is 6.31. The number of hydrogen-bond donors (Lipinski definition) is 1. The number of benzene rings is 1. The molecule has 1 aromatic carbocycles. The number of amides is 1. The molecule has 1 heterocycles. The summed E-state index contributed by atoms with van der Waals surface area (Å²) in [5.41, 5.74) is 0.890. The van der Waals surface area contributed by atoms with E-state index < -0.39 is 6.10 Å². The van der Waals surface area contributed by atoms with Crippen molar-refractivity contribution in [2.75, 3.05) is 5.32 Å². The summed E-state index contributed by atoms with van der Waals surface area (Å²) in [5.74, 6) is 0.716. The topological polar surface area (TPSA) is 51.2 Å². The number of halogens is 2. The number of nitrogens with one attached hydrogen (secondary N) is 1. The number of hydrogen-bond acceptors (Lipinski definition) is 3. The van der Waals surface area contributed by atoms with E-state index in [1.165, 1.54) is 6.20 Å². The number of anilines is 1. The van der Waals surface area contributed by atoms with Gasteiger partial charge in [0.05, 0.1) is 5.02 Å². The van der Waals surface area contributed by atoms with Gasteiger partial charge in [0, 0.05) is 11.2 Å². The second kappa shape index (κ2) is 6.78. The number of aromatic nitrogens is 1. The van der Waals surface area contributed by atoms with Crippen molar-refractivity contribution < 1.29 is 9.53 Å². The maximum absolute atomic E-state index is 12.0. The summed E-state index contributed by atoms with van der Waals surface area (Å²) in [6.45, 7) is 3.53. The summed E-state index contributed by atoms with van der Waals surface area (Å²) in [6.07, 6.45) is 0.800. The van der Waals surface area contributed by atoms with Crippen molar-refractivity contribution in [3.8, 4) is 5.75 Å². The minimum atomic E-state index is -0.664. The van der Waals surface area contributed by atoms with E-state index in [1.54, 1.807) is 37.3 Å². The van der Waals surface area contributed by atoms with Crippen LogP contribution in [0.2, 0.25) is 10.0 Å². The Morgan fingerprint density at radius 3 is 2.67 bits per heavy atom. The van der Waals surface area contributed by atoms with E-state index >= 15 is 0 Å². The Kier molecular flexibility index (Phi) is 5.04. The van der Waals surface area contributed by atoms with Gasteiger partial charge in [-0.3, -0.25) is 4.79 Å². The van der Waals surface area contributed by atoms with Crippen molar-refractivity contribution in [3.63, 3.8) is 0 Å². The van der Waals surface area contributed by atoms with E-state index in [-0.39, 0.29) is 5.91 Å². The molecule has 0 radical (unpaired) electrons. The van der Waals surface area contributed by atoms with E-state index in [0.717, 1.165) is 5.56 Å². The first-order valence-electron chi connectivity index (χ1n) is 6.31. The van der Waals surface area contributed by atoms with E-state index in [1.807, 2.05) is 6.92 Å². The summed E-state index contributed by atoms with van der Waals surface area (Å²) < 4.78 is 5.58. The molecule has 0 spiro atoms. The second-order valence-corrected chi connectivity index (χ2v) is 5.37. The van der Waals surface area contributed by atoms with Crippen molar-refractivity contribution in [1.82, 2.24) is 4.98 Å². The summed E-state index contributed by atoms with van der Waals surface area (Å²) in [6, 6.07) is 8.52. The van der Waals surface area contributed by atoms with Gasteiger partial charge in [-0.25, -0.2) is 4.98 Å². The monoisotopic (exact) mass is 324 g/mol. The zero-order chi connectivity index (χ0) is 15.4. The number of rotatable bonds is 4. The standard InChI is InChI=1S/C15H14Cl2N2O2/c1-9-7-12(4-5-13(9)17)21-10(2)15(20)19-14-6-3-11(16)8-18-14/h3-8,10H,1-2H3,(H,18,19,20). The third-order valence-corrected chi connectivity index (χ3v) is 3.44. The van der Waals surface area contributed by atoms with Crippen molar-refractivity contribution in [1.29, 1.82) is 0 Å². The molecule has 4 nitrogen and oxygen atoms in total. The third kappa shape index (κ3) is 4.34. The molecule has 6 heteroatoms. The quantitative estimate of drug-likeness (QED) is 0.921. The fourth-order valence-corrected chi connectivity index (χ4v) is 1.86. The van der Waals surface area contributed by atoms with E-state index in [0.29, 0.717) is 21.6 Å². The van der Waals surface area contributed by atoms with Crippen molar-refractivity contribution >= 4 is 34.9 Å². The van der Waals surface area contributed by atoms with Crippen molar-refractivity contribution in [3.05, 3.63) is 52.1 Å². The fourth-order valence-electron chi connectivity index (χ4n) is 1.63. The van der Waals surface area contributed by atoms with Crippen molar-refractivity contribution in [2.45, 2.75) is 20.0 Å². The minimum Gasteiger partial charge on any atom is -0.481 e. The Labute approximate surface area is 133 Å². The van der Waals surface area contributed by atoms with Crippen LogP contribution in [0.3, 0.4) is 0 Å². The molecule has 21 heavy (non-hydrogen) atoms. The van der Waals surface area contributed by atoms with Crippen LogP contribution in [-0.4, -0.2) is 17.0 Å². The van der Waals surface area contributed by atoms with Crippen LogP contribution in [0.4, 0.5) is 5.82 Å². The van der Waals surface area contributed by atoms with Crippen LogP contribution in [0.5, 0.6) is 5.75 Å². The van der Waals surface area contributed by atoms with Crippen LogP contribution in [0.1, 0.15) is 12.5 Å². The normalized spacial score (nSPS) is 11.8. The number of pyridine rings is 1. The lowest BCUT2D eigenvalue weighted by Gasteiger charge is -2.15. The maximum atomic E-state index is 12.0. The average Bonchev–Trinajstić information content (AvgIpc) is 2.45. The molecule has 1 amide bonds. The van der Waals surface area contributed by atoms with Crippen LogP contribution in [-0.2, 0) is 4.79 Å². The van der Waals surface area contributed by atoms with Gasteiger partial charge in [0.15, 0.2) is 6.10 Å². The zero-order valence-electron chi connectivity index (χ0n) is 11.6. The molecule has 2 aromatic rings. The summed E-state index contributed by atoms with van der Waals surface area (Å²) >= 11 is 11.7. The fraction of sp³-hybridized carbons (Fsp3) is 0.200. The lowest BCUT2D eigenvalue weighted by atomic mass is 10.2. The van der Waals surface area contributed by atoms with Crippen LogP contribution >= 0.6 is 23.2 Å². The molecule has 2 rings (SSSR count). The third-order valence-electron chi connectivity index (χ3n) is 2.79. The van der Waals surface area contributed by atoms with Gasteiger partial charge >= 0.3 is 0 Å². The predicted octanol–water partition coefficient (Wildman–Crippen LogP) is 4.10. The Balaban J connectivity index is 1.98. The molecule has 0 aliphatic carbocycles. The van der Waals surface area contributed by atoms with Crippen LogP contribution < -0.4 is 10.1 Å². The highest BCUT2D eigenvalue weighted by Crippen LogP contribution is 2.22. The zero-order valence-corrected chi connectivity index (χ0v) is 13.1. The van der Waals surface area contributed by atoms with Gasteiger partial charge in [-0.1, -0.05) is 23.2 Å². The van der Waals surface area contributed by atoms with Crippen molar-refractivity contribution in [2.24, 2.45) is 0 Å². The van der Waals surface area contributed by atoms with Gasteiger partial charge < -0.3 is 10.1 Å². The highest BCUT2D eigenvalue weighted by atomic mass is 35.5. The number of aryl methyl sites for hydroxylation is 1. The summed E-state index contributed by atoms with van der Waals surface area (Å²) in [7, 11) is 0. The Morgan fingerprint density at radius 1 is 1.29 bits per heavy atom. The first-order chi connectivity index (χ1) is 9.95. The number of carbonyl (C=O) groups is 1. The van der Waals surface area contributed by atoms with E-state index in [2.05, 4.69) is 10.3 Å². The molecule has 0 fully saturated rings. The molecule has 1 unspecified atom stereocenters. The molecule has 0 saturated heterocycles. The Hall–Kier alpha value is -1.78. The van der Waals surface area contributed by atoms with Crippen LogP contribution in [0.15, 0.2) is 36.5 Å². The minimum absolute atomic E-state index is 0.294. The number of carbonyl (C=O) groups excluding carboxylic acids is 1. The molecular formula is C15H14Cl2N2O2. The van der Waals surface area contributed by atoms with Gasteiger partial charge in [0.25, 0.3) is 5.91 Å². The largest absolute Gasteiger partial charge is 0.481 e. The smallest absolute Gasteiger partial charge is 0.266 e. The van der Waals surface area contributed by atoms with Gasteiger partial charge in [-0.15, -0.1) is 0 Å². The maximum Gasteiger partial charge on any atom is 0.266 e. The summed E-state index contributed by atoms with van der Waals surface area (Å²) in [5, 5.41) is 3.82. The van der Waals surface area contributed by atoms with Gasteiger partial charge in [0.1, 0.15) is 11.6 Å². The molecule has 0 aliphatic rings. The SMILES string of the molecule is Cc1cc(OC(C)C(=O)Nc2ccc(Cl)cn2)ccc1Cl. The van der Waals surface area contributed by atoms with Gasteiger partial charge in [-0.05, 0) is 49.7 Å². The molecule has 1 aromatic heterocycles. The van der Waals surface area contributed by atoms with Crippen LogP contribution in [0.25, 0.3) is 0 Å². The number of nitrogens with zero attached hydrogens (tertiary/aromatic N) is 1. The predicted molar refractivity (Wildman–Crippen MR) is 84.2 cm³/mol. The molecule has 0 aliphatic heterocycles. The lowest BCUT2D eigenvalue weighted by Crippen LogP contribution is -2.30. The second-order valence-electron chi connectivity index (χ2n) is 4.52. The lowest BCUT2D eigenvalue weighted by molar-refractivity contribution is -0.122. The van der Waals surface area contributed by atoms with E-state index in [9.17, 15) is 4.79 Å².